The third-order valence-corrected chi connectivity index (χ3v) is 3.78. The van der Waals surface area contributed by atoms with Crippen LogP contribution in [0.5, 0.6) is 0 Å². The summed E-state index contributed by atoms with van der Waals surface area (Å²) in [5, 5.41) is 0. The van der Waals surface area contributed by atoms with Crippen LogP contribution in [0.2, 0.25) is 0 Å². The van der Waals surface area contributed by atoms with E-state index in [0.717, 1.165) is 18.5 Å². The first-order valence-corrected chi connectivity index (χ1v) is 7.16. The number of aromatic nitrogens is 1. The molecule has 0 saturated heterocycles. The van der Waals surface area contributed by atoms with Gasteiger partial charge in [0.1, 0.15) is 0 Å². The monoisotopic (exact) mass is 269 g/mol. The Kier molecular flexibility index (Phi) is 4.43. The zero-order valence-corrected chi connectivity index (χ0v) is 12.6. The molecular weight excluding hydrogens is 246 g/mol. The van der Waals surface area contributed by atoms with Gasteiger partial charge < -0.3 is 4.57 Å². The topological polar surface area (TPSA) is 22.0 Å². The highest BCUT2D eigenvalue weighted by Crippen LogP contribution is 2.28. The molecule has 0 saturated carbocycles. The highest BCUT2D eigenvalue weighted by molar-refractivity contribution is 5.94. The molecule has 0 aliphatic carbocycles. The van der Waals surface area contributed by atoms with Crippen molar-refractivity contribution in [1.82, 2.24) is 4.57 Å². The van der Waals surface area contributed by atoms with Crippen LogP contribution in [0.3, 0.4) is 0 Å². The lowest BCUT2D eigenvalue weighted by Crippen LogP contribution is -2.17. The summed E-state index contributed by atoms with van der Waals surface area (Å²) in [5.74, 6) is 0.235. The van der Waals surface area contributed by atoms with Crippen LogP contribution in [-0.2, 0) is 13.5 Å². The van der Waals surface area contributed by atoms with Crippen molar-refractivity contribution >= 4 is 5.78 Å². The van der Waals surface area contributed by atoms with Gasteiger partial charge in [0, 0.05) is 19.7 Å². The molecule has 1 aromatic carbocycles. The number of aryl methyl sites for hydroxylation is 1. The molecule has 0 spiro atoms. The number of carbonyl (C=O) groups is 1. The predicted molar refractivity (Wildman–Crippen MR) is 82.9 cm³/mol. The average Bonchev–Trinajstić information content (AvgIpc) is 2.83. The largest absolute Gasteiger partial charge is 0.348 e. The van der Waals surface area contributed by atoms with Gasteiger partial charge in [-0.3, -0.25) is 4.79 Å². The number of benzene rings is 1. The molecule has 2 heteroatoms. The van der Waals surface area contributed by atoms with Crippen molar-refractivity contribution in [2.24, 2.45) is 12.5 Å². The average molecular weight is 269 g/mol. The molecule has 0 fully saturated rings. The van der Waals surface area contributed by atoms with Crippen LogP contribution in [0.25, 0.3) is 0 Å². The highest BCUT2D eigenvalue weighted by atomic mass is 16.1. The second-order valence-corrected chi connectivity index (χ2v) is 6.25. The van der Waals surface area contributed by atoms with Crippen molar-refractivity contribution in [2.45, 2.75) is 33.1 Å². The zero-order valence-electron chi connectivity index (χ0n) is 12.6. The molecule has 0 unspecified atom stereocenters. The lowest BCUT2D eigenvalue weighted by Gasteiger charge is -2.24. The third kappa shape index (κ3) is 3.83. The van der Waals surface area contributed by atoms with E-state index in [9.17, 15) is 4.79 Å². The third-order valence-electron chi connectivity index (χ3n) is 3.78. The molecule has 2 nitrogen and oxygen atoms in total. The smallest absolute Gasteiger partial charge is 0.179 e. The molecule has 0 N–H and O–H groups in total. The lowest BCUT2D eigenvalue weighted by molar-refractivity contribution is 0.0955. The molecule has 0 atom stereocenters. The van der Waals surface area contributed by atoms with E-state index in [1.807, 2.05) is 36.0 Å². The van der Waals surface area contributed by atoms with Gasteiger partial charge in [0.05, 0.1) is 5.69 Å². The highest BCUT2D eigenvalue weighted by Gasteiger charge is 2.21. The quantitative estimate of drug-likeness (QED) is 0.718. The molecule has 1 aromatic heterocycles. The maximum absolute atomic E-state index is 12.2. The van der Waals surface area contributed by atoms with Gasteiger partial charge in [-0.05, 0) is 36.0 Å². The molecule has 20 heavy (non-hydrogen) atoms. The van der Waals surface area contributed by atoms with Crippen molar-refractivity contribution in [3.05, 3.63) is 59.9 Å². The molecule has 0 bridgehead atoms. The first kappa shape index (κ1) is 14.6. The number of carbonyl (C=O) groups excluding carboxylic acids is 1. The Morgan fingerprint density at radius 2 is 1.80 bits per heavy atom. The van der Waals surface area contributed by atoms with Crippen LogP contribution in [0, 0.1) is 5.41 Å². The molecule has 0 aliphatic rings. The maximum Gasteiger partial charge on any atom is 0.179 e. The van der Waals surface area contributed by atoms with Gasteiger partial charge in [-0.2, -0.15) is 0 Å². The Hall–Kier alpha value is -1.83. The van der Waals surface area contributed by atoms with Gasteiger partial charge in [-0.1, -0.05) is 44.2 Å². The van der Waals surface area contributed by atoms with Gasteiger partial charge in [0.2, 0.25) is 0 Å². The minimum Gasteiger partial charge on any atom is -0.348 e. The van der Waals surface area contributed by atoms with E-state index in [0.29, 0.717) is 6.42 Å². The van der Waals surface area contributed by atoms with Gasteiger partial charge in [-0.15, -0.1) is 0 Å². The van der Waals surface area contributed by atoms with Crippen LogP contribution in [0.4, 0.5) is 0 Å². The van der Waals surface area contributed by atoms with Gasteiger partial charge in [-0.25, -0.2) is 0 Å². The Morgan fingerprint density at radius 1 is 1.10 bits per heavy atom. The molecule has 2 rings (SSSR count). The minimum absolute atomic E-state index is 0.141. The van der Waals surface area contributed by atoms with Crippen LogP contribution in [-0.4, -0.2) is 10.4 Å². The molecule has 1 heterocycles. The summed E-state index contributed by atoms with van der Waals surface area (Å²) in [6, 6.07) is 14.3. The Morgan fingerprint density at radius 3 is 2.40 bits per heavy atom. The maximum atomic E-state index is 12.2. The molecule has 0 radical (unpaired) electrons. The standard InChI is InChI=1S/C18H23NO/c1-18(2,14-15-8-5-4-6-9-15)12-11-17(20)16-10-7-13-19(16)3/h4-10,13H,11-12,14H2,1-3H3. The summed E-state index contributed by atoms with van der Waals surface area (Å²) < 4.78 is 1.90. The van der Waals surface area contributed by atoms with Crippen LogP contribution < -0.4 is 0 Å². The van der Waals surface area contributed by atoms with E-state index in [2.05, 4.69) is 38.1 Å². The summed E-state index contributed by atoms with van der Waals surface area (Å²) in [6.07, 6.45) is 4.44. The van der Waals surface area contributed by atoms with Crippen molar-refractivity contribution in [3.63, 3.8) is 0 Å². The number of hydrogen-bond acceptors (Lipinski definition) is 1. The van der Waals surface area contributed by atoms with Crippen molar-refractivity contribution in [2.75, 3.05) is 0 Å². The minimum atomic E-state index is 0.141. The fourth-order valence-corrected chi connectivity index (χ4v) is 2.57. The second kappa shape index (κ2) is 6.08. The summed E-state index contributed by atoms with van der Waals surface area (Å²) in [6.45, 7) is 4.47. The van der Waals surface area contributed by atoms with E-state index in [1.165, 1.54) is 5.56 Å². The van der Waals surface area contributed by atoms with E-state index >= 15 is 0 Å². The first-order chi connectivity index (χ1) is 9.48. The van der Waals surface area contributed by atoms with Crippen LogP contribution in [0.15, 0.2) is 48.7 Å². The zero-order chi connectivity index (χ0) is 14.6. The first-order valence-electron chi connectivity index (χ1n) is 7.16. The predicted octanol–water partition coefficient (Wildman–Crippen LogP) is 4.26. The number of rotatable bonds is 6. The van der Waals surface area contributed by atoms with E-state index in [4.69, 9.17) is 0 Å². The van der Waals surface area contributed by atoms with Gasteiger partial charge in [0.25, 0.3) is 0 Å². The van der Waals surface area contributed by atoms with Gasteiger partial charge >= 0.3 is 0 Å². The Balaban J connectivity index is 1.92. The fourth-order valence-electron chi connectivity index (χ4n) is 2.57. The molecule has 0 aliphatic heterocycles. The summed E-state index contributed by atoms with van der Waals surface area (Å²) >= 11 is 0. The summed E-state index contributed by atoms with van der Waals surface area (Å²) in [5.41, 5.74) is 2.28. The number of ketones is 1. The van der Waals surface area contributed by atoms with Crippen LogP contribution >= 0.6 is 0 Å². The number of Topliss-reactive ketones (excluding diaryl/α,β-unsaturated/α-hetero) is 1. The fraction of sp³-hybridized carbons (Fsp3) is 0.389. The number of hydrogen-bond donors (Lipinski definition) is 0. The molecule has 2 aromatic rings. The van der Waals surface area contributed by atoms with E-state index in [-0.39, 0.29) is 11.2 Å². The van der Waals surface area contributed by atoms with Crippen LogP contribution in [0.1, 0.15) is 42.7 Å². The Bertz CT molecular complexity index is 566. The molecule has 106 valence electrons. The Labute approximate surface area is 121 Å². The van der Waals surface area contributed by atoms with Crippen molar-refractivity contribution < 1.29 is 4.79 Å². The second-order valence-electron chi connectivity index (χ2n) is 6.25. The normalized spacial score (nSPS) is 11.6. The SMILES string of the molecule is Cn1cccc1C(=O)CCC(C)(C)Cc1ccccc1. The lowest BCUT2D eigenvalue weighted by atomic mass is 9.81. The summed E-state index contributed by atoms with van der Waals surface area (Å²) in [7, 11) is 1.92. The van der Waals surface area contributed by atoms with Crippen molar-refractivity contribution in [1.29, 1.82) is 0 Å². The summed E-state index contributed by atoms with van der Waals surface area (Å²) in [4.78, 5) is 12.2. The molecular formula is C18H23NO. The number of nitrogens with zero attached hydrogens (tertiary/aromatic N) is 1. The van der Waals surface area contributed by atoms with Crippen molar-refractivity contribution in [3.8, 4) is 0 Å². The van der Waals surface area contributed by atoms with E-state index in [1.54, 1.807) is 0 Å². The van der Waals surface area contributed by atoms with Gasteiger partial charge in [0.15, 0.2) is 5.78 Å². The van der Waals surface area contributed by atoms with E-state index < -0.39 is 0 Å². The molecule has 0 amide bonds.